The third kappa shape index (κ3) is 4.34. The van der Waals surface area contributed by atoms with E-state index < -0.39 is 6.10 Å². The first kappa shape index (κ1) is 15.0. The molecule has 2 atom stereocenters. The van der Waals surface area contributed by atoms with Crippen LogP contribution in [0.15, 0.2) is 54.9 Å². The highest BCUT2D eigenvalue weighted by atomic mass is 32.2. The first-order chi connectivity index (χ1) is 9.81. The molecule has 0 aliphatic rings. The summed E-state index contributed by atoms with van der Waals surface area (Å²) in [6.45, 7) is 0.532. The van der Waals surface area contributed by atoms with Crippen LogP contribution < -0.4 is 5.32 Å². The van der Waals surface area contributed by atoms with Crippen molar-refractivity contribution in [1.82, 2.24) is 10.3 Å². The van der Waals surface area contributed by atoms with E-state index in [4.69, 9.17) is 0 Å². The SMILES string of the molecule is CSCC(NCC(O)c1ccncc1)c1ccccc1. The maximum absolute atomic E-state index is 10.2. The molecule has 0 radical (unpaired) electrons. The predicted octanol–water partition coefficient (Wildman–Crippen LogP) is 2.81. The minimum absolute atomic E-state index is 0.252. The van der Waals surface area contributed by atoms with E-state index in [1.807, 2.05) is 30.3 Å². The Morgan fingerprint density at radius 1 is 1.10 bits per heavy atom. The van der Waals surface area contributed by atoms with Crippen LogP contribution in [0.3, 0.4) is 0 Å². The van der Waals surface area contributed by atoms with Crippen LogP contribution in [0.1, 0.15) is 23.3 Å². The summed E-state index contributed by atoms with van der Waals surface area (Å²) in [7, 11) is 0. The van der Waals surface area contributed by atoms with Crippen LogP contribution in [0.25, 0.3) is 0 Å². The standard InChI is InChI=1S/C16H20N2OS/c1-20-12-15(13-5-3-2-4-6-13)18-11-16(19)14-7-9-17-10-8-14/h2-10,15-16,18-19H,11-12H2,1H3. The first-order valence-corrected chi connectivity index (χ1v) is 8.06. The van der Waals surface area contributed by atoms with Gasteiger partial charge in [-0.1, -0.05) is 30.3 Å². The Bertz CT molecular complexity index is 492. The maximum Gasteiger partial charge on any atom is 0.0915 e. The predicted molar refractivity (Wildman–Crippen MR) is 84.8 cm³/mol. The number of benzene rings is 1. The van der Waals surface area contributed by atoms with Gasteiger partial charge in [-0.3, -0.25) is 4.98 Å². The van der Waals surface area contributed by atoms with Crippen LogP contribution in [0.4, 0.5) is 0 Å². The molecule has 0 bridgehead atoms. The number of rotatable bonds is 7. The van der Waals surface area contributed by atoms with Crippen molar-refractivity contribution >= 4 is 11.8 Å². The highest BCUT2D eigenvalue weighted by Crippen LogP contribution is 2.18. The summed E-state index contributed by atoms with van der Waals surface area (Å²) >= 11 is 1.80. The van der Waals surface area contributed by atoms with Crippen molar-refractivity contribution in [3.05, 3.63) is 66.0 Å². The van der Waals surface area contributed by atoms with Crippen molar-refractivity contribution in [2.24, 2.45) is 0 Å². The lowest BCUT2D eigenvalue weighted by atomic mass is 10.1. The minimum atomic E-state index is -0.508. The Morgan fingerprint density at radius 2 is 1.80 bits per heavy atom. The van der Waals surface area contributed by atoms with Gasteiger partial charge in [0.15, 0.2) is 0 Å². The average molecular weight is 288 g/mol. The Hall–Kier alpha value is -1.36. The number of aromatic nitrogens is 1. The Labute approximate surface area is 124 Å². The van der Waals surface area contributed by atoms with Gasteiger partial charge in [0.25, 0.3) is 0 Å². The highest BCUT2D eigenvalue weighted by molar-refractivity contribution is 7.98. The van der Waals surface area contributed by atoms with E-state index in [0.29, 0.717) is 6.54 Å². The van der Waals surface area contributed by atoms with Gasteiger partial charge in [-0.2, -0.15) is 11.8 Å². The van der Waals surface area contributed by atoms with Gasteiger partial charge in [-0.25, -0.2) is 0 Å². The van der Waals surface area contributed by atoms with Crippen LogP contribution in [0.5, 0.6) is 0 Å². The lowest BCUT2D eigenvalue weighted by Gasteiger charge is -2.20. The fraction of sp³-hybridized carbons (Fsp3) is 0.312. The molecular formula is C16H20N2OS. The van der Waals surface area contributed by atoms with Gasteiger partial charge in [0.2, 0.25) is 0 Å². The largest absolute Gasteiger partial charge is 0.387 e. The molecule has 2 aromatic rings. The zero-order valence-corrected chi connectivity index (χ0v) is 12.4. The number of nitrogens with zero attached hydrogens (tertiary/aromatic N) is 1. The van der Waals surface area contributed by atoms with E-state index in [9.17, 15) is 5.11 Å². The summed E-state index contributed by atoms with van der Waals surface area (Å²) in [4.78, 5) is 3.97. The van der Waals surface area contributed by atoms with Crippen molar-refractivity contribution in [2.75, 3.05) is 18.6 Å². The highest BCUT2D eigenvalue weighted by Gasteiger charge is 2.13. The van der Waals surface area contributed by atoms with E-state index in [-0.39, 0.29) is 6.04 Å². The second-order valence-electron chi connectivity index (χ2n) is 4.62. The van der Waals surface area contributed by atoms with E-state index in [0.717, 1.165) is 11.3 Å². The van der Waals surface area contributed by atoms with Crippen molar-refractivity contribution in [2.45, 2.75) is 12.1 Å². The number of hydrogen-bond donors (Lipinski definition) is 2. The van der Waals surface area contributed by atoms with Gasteiger partial charge >= 0.3 is 0 Å². The Balaban J connectivity index is 1.96. The lowest BCUT2D eigenvalue weighted by molar-refractivity contribution is 0.171. The molecule has 0 aliphatic heterocycles. The van der Waals surface area contributed by atoms with Gasteiger partial charge in [-0.15, -0.1) is 0 Å². The molecule has 2 N–H and O–H groups in total. The summed E-state index contributed by atoms with van der Waals surface area (Å²) in [5.74, 6) is 0.979. The monoisotopic (exact) mass is 288 g/mol. The molecule has 1 aromatic carbocycles. The van der Waals surface area contributed by atoms with Crippen LogP contribution in [-0.2, 0) is 0 Å². The summed E-state index contributed by atoms with van der Waals surface area (Å²) in [6.07, 6.45) is 4.99. The number of thioether (sulfide) groups is 1. The van der Waals surface area contributed by atoms with Gasteiger partial charge in [0.1, 0.15) is 0 Å². The maximum atomic E-state index is 10.2. The second kappa shape index (κ2) is 8.04. The number of nitrogens with one attached hydrogen (secondary N) is 1. The van der Waals surface area contributed by atoms with E-state index in [2.05, 4.69) is 28.7 Å². The molecule has 0 amide bonds. The zero-order chi connectivity index (χ0) is 14.2. The molecule has 0 saturated carbocycles. The summed E-state index contributed by atoms with van der Waals surface area (Å²) in [5.41, 5.74) is 2.15. The van der Waals surface area contributed by atoms with E-state index >= 15 is 0 Å². The molecular weight excluding hydrogens is 268 g/mol. The van der Waals surface area contributed by atoms with Gasteiger partial charge in [0, 0.05) is 30.7 Å². The third-order valence-corrected chi connectivity index (χ3v) is 3.85. The molecule has 0 fully saturated rings. The average Bonchev–Trinajstić information content (AvgIpc) is 2.53. The third-order valence-electron chi connectivity index (χ3n) is 3.18. The fourth-order valence-corrected chi connectivity index (χ4v) is 2.73. The lowest BCUT2D eigenvalue weighted by Crippen LogP contribution is -2.28. The van der Waals surface area contributed by atoms with Crippen molar-refractivity contribution in [3.8, 4) is 0 Å². The molecule has 0 saturated heterocycles. The van der Waals surface area contributed by atoms with Crippen molar-refractivity contribution < 1.29 is 5.11 Å². The Morgan fingerprint density at radius 3 is 2.45 bits per heavy atom. The zero-order valence-electron chi connectivity index (χ0n) is 11.6. The molecule has 106 valence electrons. The molecule has 4 heteroatoms. The molecule has 20 heavy (non-hydrogen) atoms. The fourth-order valence-electron chi connectivity index (χ4n) is 2.08. The molecule has 3 nitrogen and oxygen atoms in total. The number of aliphatic hydroxyl groups is 1. The van der Waals surface area contributed by atoms with Crippen molar-refractivity contribution in [1.29, 1.82) is 0 Å². The first-order valence-electron chi connectivity index (χ1n) is 6.66. The number of hydrogen-bond acceptors (Lipinski definition) is 4. The van der Waals surface area contributed by atoms with Crippen molar-refractivity contribution in [3.63, 3.8) is 0 Å². The van der Waals surface area contributed by atoms with Crippen LogP contribution >= 0.6 is 11.8 Å². The normalized spacial score (nSPS) is 13.9. The number of pyridine rings is 1. The molecule has 0 spiro atoms. The quantitative estimate of drug-likeness (QED) is 0.822. The molecule has 2 unspecified atom stereocenters. The summed E-state index contributed by atoms with van der Waals surface area (Å²) < 4.78 is 0. The smallest absolute Gasteiger partial charge is 0.0915 e. The van der Waals surface area contributed by atoms with Crippen LogP contribution in [-0.4, -0.2) is 28.6 Å². The van der Waals surface area contributed by atoms with Crippen LogP contribution in [0, 0.1) is 0 Å². The minimum Gasteiger partial charge on any atom is -0.387 e. The topological polar surface area (TPSA) is 45.1 Å². The molecule has 2 rings (SSSR count). The van der Waals surface area contributed by atoms with Gasteiger partial charge < -0.3 is 10.4 Å². The van der Waals surface area contributed by atoms with Crippen LogP contribution in [0.2, 0.25) is 0 Å². The second-order valence-corrected chi connectivity index (χ2v) is 5.53. The molecule has 1 heterocycles. The Kier molecular flexibility index (Phi) is 6.05. The van der Waals surface area contributed by atoms with E-state index in [1.54, 1.807) is 24.2 Å². The van der Waals surface area contributed by atoms with E-state index in [1.165, 1.54) is 5.56 Å². The van der Waals surface area contributed by atoms with Gasteiger partial charge in [0.05, 0.1) is 6.10 Å². The molecule has 0 aliphatic carbocycles. The molecule has 1 aromatic heterocycles. The summed E-state index contributed by atoms with van der Waals surface area (Å²) in [5, 5.41) is 13.6. The number of aliphatic hydroxyl groups excluding tert-OH is 1. The summed E-state index contributed by atoms with van der Waals surface area (Å²) in [6, 6.07) is 14.3. The van der Waals surface area contributed by atoms with Gasteiger partial charge in [-0.05, 0) is 29.5 Å².